The molecule has 28 heavy (non-hydrogen) atoms. The molecule has 0 aromatic heterocycles. The van der Waals surface area contributed by atoms with Crippen molar-refractivity contribution in [2.24, 2.45) is 0 Å². The molecular weight excluding hydrogens is 462 g/mol. The Morgan fingerprint density at radius 3 is 2.29 bits per heavy atom. The predicted molar refractivity (Wildman–Crippen MR) is 122 cm³/mol. The number of halogens is 2. The van der Waals surface area contributed by atoms with Crippen LogP contribution in [-0.2, 0) is 24.8 Å². The van der Waals surface area contributed by atoms with Gasteiger partial charge in [-0.15, -0.1) is 0 Å². The molecule has 1 aliphatic carbocycles. The Labute approximate surface area is 186 Å². The zero-order chi connectivity index (χ0) is 20.6. The summed E-state index contributed by atoms with van der Waals surface area (Å²) in [5.74, 6) is 0.475. The van der Waals surface area contributed by atoms with E-state index >= 15 is 0 Å². The fourth-order valence-corrected chi connectivity index (χ4v) is 9.91. The van der Waals surface area contributed by atoms with Crippen LogP contribution in [0.25, 0.3) is 17.2 Å². The summed E-state index contributed by atoms with van der Waals surface area (Å²) in [5.41, 5.74) is 9.82. The van der Waals surface area contributed by atoms with E-state index in [0.29, 0.717) is 9.54 Å². The molecule has 149 valence electrons. The predicted octanol–water partition coefficient (Wildman–Crippen LogP) is 8.94. The first kappa shape index (κ1) is 22.3. The van der Waals surface area contributed by atoms with Crippen molar-refractivity contribution in [3.8, 4) is 11.1 Å². The molecule has 0 spiro atoms. The summed E-state index contributed by atoms with van der Waals surface area (Å²) >= 11 is -2.48. The van der Waals surface area contributed by atoms with Gasteiger partial charge in [0.25, 0.3) is 0 Å². The standard InChI is InChI=1S/C25H31.2ClH.Zr/c1-7-10-18-15-19-13-14-23(25(4,5)6)24(22(19)16-18)21-12-9-8-11-20(21)17(2)3;;;/h8-9,11-17H,7,10H2,1-6H3;2*1H;/q;;;+2/p-2. The second-order valence-electron chi connectivity index (χ2n) is 9.17. The molecule has 0 radical (unpaired) electrons. The van der Waals surface area contributed by atoms with Gasteiger partial charge in [-0.2, -0.15) is 0 Å². The van der Waals surface area contributed by atoms with Crippen LogP contribution in [0.1, 0.15) is 86.2 Å². The summed E-state index contributed by atoms with van der Waals surface area (Å²) in [4.78, 5) is 0. The van der Waals surface area contributed by atoms with Crippen molar-refractivity contribution in [2.75, 3.05) is 0 Å². The number of hydrogen-bond acceptors (Lipinski definition) is 0. The summed E-state index contributed by atoms with van der Waals surface area (Å²) in [6.07, 6.45) is 4.64. The van der Waals surface area contributed by atoms with Gasteiger partial charge in [0.1, 0.15) is 0 Å². The molecule has 1 atom stereocenters. The second kappa shape index (κ2) is 8.79. The van der Waals surface area contributed by atoms with Crippen LogP contribution in [0.4, 0.5) is 0 Å². The van der Waals surface area contributed by atoms with Crippen molar-refractivity contribution in [2.45, 2.75) is 69.3 Å². The van der Waals surface area contributed by atoms with Gasteiger partial charge in [-0.3, -0.25) is 0 Å². The van der Waals surface area contributed by atoms with E-state index in [4.69, 9.17) is 17.0 Å². The van der Waals surface area contributed by atoms with Gasteiger partial charge in [-0.05, 0) is 0 Å². The molecule has 0 aliphatic heterocycles. The molecule has 3 rings (SSSR count). The quantitative estimate of drug-likeness (QED) is 0.390. The van der Waals surface area contributed by atoms with Crippen molar-refractivity contribution >= 4 is 23.1 Å². The fraction of sp³-hybridized carbons (Fsp3) is 0.440. The van der Waals surface area contributed by atoms with Gasteiger partial charge in [-0.25, -0.2) is 0 Å². The van der Waals surface area contributed by atoms with Gasteiger partial charge < -0.3 is 0 Å². The average Bonchev–Trinajstić information content (AvgIpc) is 2.98. The first-order chi connectivity index (χ1) is 13.2. The fourth-order valence-electron chi connectivity index (χ4n) is 4.42. The Hall–Kier alpha value is -0.357. The molecule has 0 nitrogen and oxygen atoms in total. The third kappa shape index (κ3) is 4.23. The van der Waals surface area contributed by atoms with Crippen LogP contribution in [0.3, 0.4) is 0 Å². The van der Waals surface area contributed by atoms with Crippen LogP contribution in [-0.4, -0.2) is 0 Å². The number of benzene rings is 2. The van der Waals surface area contributed by atoms with Crippen LogP contribution >= 0.6 is 17.0 Å². The molecule has 0 saturated carbocycles. The summed E-state index contributed by atoms with van der Waals surface area (Å²) in [6, 6.07) is 13.5. The summed E-state index contributed by atoms with van der Waals surface area (Å²) in [5, 5.41) is 0. The van der Waals surface area contributed by atoms with Crippen molar-refractivity contribution in [3.63, 3.8) is 0 Å². The molecule has 2 aromatic rings. The average molecular weight is 494 g/mol. The van der Waals surface area contributed by atoms with Gasteiger partial charge in [0, 0.05) is 0 Å². The molecule has 0 saturated heterocycles. The minimum atomic E-state index is -2.48. The Kier molecular flexibility index (Phi) is 7.01. The molecule has 0 heterocycles. The zero-order valence-corrected chi connectivity index (χ0v) is 21.8. The van der Waals surface area contributed by atoms with Gasteiger partial charge in [-0.1, -0.05) is 0 Å². The van der Waals surface area contributed by atoms with E-state index in [1.165, 1.54) is 39.0 Å². The van der Waals surface area contributed by atoms with Crippen LogP contribution < -0.4 is 0 Å². The molecule has 3 heteroatoms. The summed E-state index contributed by atoms with van der Waals surface area (Å²) in [7, 11) is 13.3. The minimum absolute atomic E-state index is 0.0643. The Balaban J connectivity index is 2.37. The molecule has 2 aromatic carbocycles. The van der Waals surface area contributed by atoms with E-state index in [1.54, 1.807) is 0 Å². The number of rotatable bonds is 5. The van der Waals surface area contributed by atoms with Gasteiger partial charge in [0.05, 0.1) is 0 Å². The van der Waals surface area contributed by atoms with Gasteiger partial charge in [0.2, 0.25) is 0 Å². The van der Waals surface area contributed by atoms with Gasteiger partial charge in [0.15, 0.2) is 0 Å². The second-order valence-corrected chi connectivity index (χ2v) is 18.0. The van der Waals surface area contributed by atoms with Crippen molar-refractivity contribution in [1.29, 1.82) is 0 Å². The van der Waals surface area contributed by atoms with Crippen molar-refractivity contribution in [1.82, 2.24) is 0 Å². The van der Waals surface area contributed by atoms with Crippen molar-refractivity contribution < 1.29 is 19.4 Å². The first-order valence-corrected chi connectivity index (χ1v) is 18.1. The van der Waals surface area contributed by atoms with E-state index in [1.807, 2.05) is 0 Å². The topological polar surface area (TPSA) is 0 Å². The maximum absolute atomic E-state index is 6.67. The van der Waals surface area contributed by atoms with E-state index in [-0.39, 0.29) is 5.41 Å². The van der Waals surface area contributed by atoms with Crippen LogP contribution in [0.2, 0.25) is 0 Å². The monoisotopic (exact) mass is 491 g/mol. The van der Waals surface area contributed by atoms with E-state index in [9.17, 15) is 0 Å². The molecule has 0 amide bonds. The van der Waals surface area contributed by atoms with Crippen LogP contribution in [0.15, 0.2) is 42.0 Å². The Morgan fingerprint density at radius 2 is 1.71 bits per heavy atom. The first-order valence-electron chi connectivity index (χ1n) is 10.3. The Morgan fingerprint density at radius 1 is 1.04 bits per heavy atom. The molecule has 0 bridgehead atoms. The van der Waals surface area contributed by atoms with Gasteiger partial charge >= 0.3 is 187 Å². The van der Waals surface area contributed by atoms with E-state index < -0.39 is 19.4 Å². The molecular formula is C25H31Cl2Zr. The van der Waals surface area contributed by atoms with Crippen molar-refractivity contribution in [3.05, 3.63) is 64.2 Å². The molecule has 1 aliphatic rings. The number of fused-ring (bicyclic) bond motifs is 1. The number of allylic oxidation sites excluding steroid dienone is 1. The van der Waals surface area contributed by atoms with E-state index in [0.717, 1.165) is 12.8 Å². The zero-order valence-electron chi connectivity index (χ0n) is 17.9. The van der Waals surface area contributed by atoms with Crippen LogP contribution in [0, 0.1) is 0 Å². The van der Waals surface area contributed by atoms with Crippen LogP contribution in [0.5, 0.6) is 0 Å². The normalized spacial score (nSPS) is 16.3. The molecule has 0 fully saturated rings. The Bertz CT molecular complexity index is 888. The molecule has 1 unspecified atom stereocenters. The summed E-state index contributed by atoms with van der Waals surface area (Å²) < 4.78 is 0.291. The number of hydrogen-bond donors (Lipinski definition) is 0. The maximum atomic E-state index is 6.67. The third-order valence-corrected chi connectivity index (χ3v) is 11.0. The molecule has 0 N–H and O–H groups in total. The van der Waals surface area contributed by atoms with E-state index in [2.05, 4.69) is 84.0 Å². The third-order valence-electron chi connectivity index (χ3n) is 5.71. The summed E-state index contributed by atoms with van der Waals surface area (Å²) in [6.45, 7) is 13.7. The SMILES string of the molecule is CCCC1=Cc2c(ccc(C(C)(C)C)c2-c2ccccc2C(C)C)[CH]1[Zr]([Cl])[Cl].